The average Bonchev–Trinajstić information content (AvgIpc) is 3.09. The van der Waals surface area contributed by atoms with E-state index in [2.05, 4.69) is 15.3 Å². The maximum Gasteiger partial charge on any atom is 0.427 e. The summed E-state index contributed by atoms with van der Waals surface area (Å²) in [6.45, 7) is 0.606. The van der Waals surface area contributed by atoms with E-state index in [1.807, 2.05) is 0 Å². The van der Waals surface area contributed by atoms with Gasteiger partial charge in [-0.25, -0.2) is 9.97 Å². The minimum absolute atomic E-state index is 0.325. The third-order valence-corrected chi connectivity index (χ3v) is 5.74. The summed E-state index contributed by atoms with van der Waals surface area (Å²) in [5.41, 5.74) is 1.26. The first kappa shape index (κ1) is 15.7. The first-order valence-electron chi connectivity index (χ1n) is 7.27. The van der Waals surface area contributed by atoms with Crippen LogP contribution in [0.25, 0.3) is 0 Å². The maximum atomic E-state index is 12.5. The van der Waals surface area contributed by atoms with Crippen molar-refractivity contribution in [3.05, 3.63) is 26.7 Å². The van der Waals surface area contributed by atoms with Gasteiger partial charge in [-0.3, -0.25) is 0 Å². The SMILES string of the molecule is FC(F)(F)c1cnc(NCCCc2nc3c(s2)CCCC3)s1. The van der Waals surface area contributed by atoms with Gasteiger partial charge in [0.1, 0.15) is 4.88 Å². The first-order chi connectivity index (χ1) is 10.5. The van der Waals surface area contributed by atoms with E-state index in [-0.39, 0.29) is 0 Å². The van der Waals surface area contributed by atoms with E-state index >= 15 is 0 Å². The summed E-state index contributed by atoms with van der Waals surface area (Å²) in [5, 5.41) is 4.42. The minimum atomic E-state index is -4.31. The number of hydrogen-bond acceptors (Lipinski definition) is 5. The zero-order valence-electron chi connectivity index (χ0n) is 11.9. The zero-order valence-corrected chi connectivity index (χ0v) is 13.5. The van der Waals surface area contributed by atoms with Crippen molar-refractivity contribution in [2.75, 3.05) is 11.9 Å². The molecule has 22 heavy (non-hydrogen) atoms. The summed E-state index contributed by atoms with van der Waals surface area (Å²) in [5.74, 6) is 0. The summed E-state index contributed by atoms with van der Waals surface area (Å²) in [6.07, 6.45) is 2.98. The molecular weight excluding hydrogens is 331 g/mol. The Morgan fingerprint density at radius 3 is 2.73 bits per heavy atom. The van der Waals surface area contributed by atoms with Gasteiger partial charge in [0.2, 0.25) is 0 Å². The Morgan fingerprint density at radius 2 is 2.00 bits per heavy atom. The molecule has 0 aromatic carbocycles. The number of aryl methyl sites for hydroxylation is 3. The third kappa shape index (κ3) is 3.78. The van der Waals surface area contributed by atoms with E-state index in [9.17, 15) is 13.2 Å². The van der Waals surface area contributed by atoms with Crippen LogP contribution < -0.4 is 5.32 Å². The van der Waals surface area contributed by atoms with Gasteiger partial charge < -0.3 is 5.32 Å². The van der Waals surface area contributed by atoms with Crippen LogP contribution >= 0.6 is 22.7 Å². The number of nitrogens with zero attached hydrogens (tertiary/aromatic N) is 2. The summed E-state index contributed by atoms with van der Waals surface area (Å²) < 4.78 is 37.4. The van der Waals surface area contributed by atoms with E-state index in [1.165, 1.54) is 23.4 Å². The molecular formula is C14H16F3N3S2. The number of rotatable bonds is 5. The van der Waals surface area contributed by atoms with Crippen molar-refractivity contribution in [2.45, 2.75) is 44.7 Å². The number of halogens is 3. The van der Waals surface area contributed by atoms with E-state index in [0.29, 0.717) is 23.0 Å². The third-order valence-electron chi connectivity index (χ3n) is 3.52. The largest absolute Gasteiger partial charge is 0.427 e. The molecule has 1 aliphatic carbocycles. The topological polar surface area (TPSA) is 37.8 Å². The Hall–Kier alpha value is -1.15. The van der Waals surface area contributed by atoms with Crippen LogP contribution in [0.2, 0.25) is 0 Å². The molecule has 0 amide bonds. The molecule has 120 valence electrons. The Balaban J connectivity index is 1.45. The van der Waals surface area contributed by atoms with Crippen LogP contribution in [-0.2, 0) is 25.4 Å². The van der Waals surface area contributed by atoms with Crippen molar-refractivity contribution in [2.24, 2.45) is 0 Å². The van der Waals surface area contributed by atoms with Crippen LogP contribution in [0.3, 0.4) is 0 Å². The molecule has 0 unspecified atom stereocenters. The van der Waals surface area contributed by atoms with Gasteiger partial charge in [0.05, 0.1) is 16.9 Å². The quantitative estimate of drug-likeness (QED) is 0.807. The van der Waals surface area contributed by atoms with Crippen molar-refractivity contribution in [1.82, 2.24) is 9.97 Å². The molecule has 3 nitrogen and oxygen atoms in total. The predicted octanol–water partition coefficient (Wildman–Crippen LogP) is 4.54. The lowest BCUT2D eigenvalue weighted by atomic mass is 10.0. The fraction of sp³-hybridized carbons (Fsp3) is 0.571. The lowest BCUT2D eigenvalue weighted by Crippen LogP contribution is -2.03. The highest BCUT2D eigenvalue weighted by Crippen LogP contribution is 2.35. The molecule has 0 saturated carbocycles. The van der Waals surface area contributed by atoms with Crippen LogP contribution in [0.15, 0.2) is 6.20 Å². The van der Waals surface area contributed by atoms with Crippen molar-refractivity contribution < 1.29 is 13.2 Å². The molecule has 0 spiro atoms. The van der Waals surface area contributed by atoms with Crippen LogP contribution in [0.1, 0.15) is 39.7 Å². The average molecular weight is 347 g/mol. The summed E-state index contributed by atoms with van der Waals surface area (Å²) in [6, 6.07) is 0. The van der Waals surface area contributed by atoms with Crippen molar-refractivity contribution >= 4 is 27.8 Å². The van der Waals surface area contributed by atoms with E-state index < -0.39 is 11.1 Å². The highest BCUT2D eigenvalue weighted by Gasteiger charge is 2.33. The van der Waals surface area contributed by atoms with Gasteiger partial charge >= 0.3 is 6.18 Å². The molecule has 0 aliphatic heterocycles. The van der Waals surface area contributed by atoms with Crippen LogP contribution in [0, 0.1) is 0 Å². The number of thiazole rings is 2. The maximum absolute atomic E-state index is 12.5. The zero-order chi connectivity index (χ0) is 15.6. The molecule has 1 aliphatic rings. The Labute approximate surface area is 134 Å². The van der Waals surface area contributed by atoms with E-state index in [1.54, 1.807) is 11.3 Å². The molecule has 0 bridgehead atoms. The van der Waals surface area contributed by atoms with Crippen molar-refractivity contribution in [1.29, 1.82) is 0 Å². The molecule has 0 atom stereocenters. The monoisotopic (exact) mass is 347 g/mol. The van der Waals surface area contributed by atoms with Gasteiger partial charge in [0.25, 0.3) is 0 Å². The Kier molecular flexibility index (Phi) is 4.67. The minimum Gasteiger partial charge on any atom is -0.361 e. The highest BCUT2D eigenvalue weighted by molar-refractivity contribution is 7.15. The second-order valence-electron chi connectivity index (χ2n) is 5.24. The molecule has 1 N–H and O–H groups in total. The first-order valence-corrected chi connectivity index (χ1v) is 8.90. The van der Waals surface area contributed by atoms with Crippen LogP contribution in [0.5, 0.6) is 0 Å². The van der Waals surface area contributed by atoms with Gasteiger partial charge in [0.15, 0.2) is 5.13 Å². The molecule has 0 radical (unpaired) electrons. The molecule has 2 heterocycles. The smallest absolute Gasteiger partial charge is 0.361 e. The van der Waals surface area contributed by atoms with Gasteiger partial charge in [-0.1, -0.05) is 11.3 Å². The summed E-state index contributed by atoms with van der Waals surface area (Å²) >= 11 is 2.44. The molecule has 8 heteroatoms. The van der Waals surface area contributed by atoms with E-state index in [4.69, 9.17) is 0 Å². The molecule has 0 saturated heterocycles. The standard InChI is InChI=1S/C14H16F3N3S2/c15-14(16,17)11-8-19-13(22-11)18-7-3-6-12-20-9-4-1-2-5-10(9)21-12/h8H,1-7H2,(H,18,19). The number of aromatic nitrogens is 2. The second kappa shape index (κ2) is 6.54. The lowest BCUT2D eigenvalue weighted by Gasteiger charge is -2.06. The number of fused-ring (bicyclic) bond motifs is 1. The number of anilines is 1. The van der Waals surface area contributed by atoms with Gasteiger partial charge in [0, 0.05) is 17.8 Å². The van der Waals surface area contributed by atoms with Crippen molar-refractivity contribution in [3.63, 3.8) is 0 Å². The van der Waals surface area contributed by atoms with E-state index in [0.717, 1.165) is 36.9 Å². The second-order valence-corrected chi connectivity index (χ2v) is 7.44. The summed E-state index contributed by atoms with van der Waals surface area (Å²) in [7, 11) is 0. The number of nitrogens with one attached hydrogen (secondary N) is 1. The molecule has 2 aromatic heterocycles. The summed E-state index contributed by atoms with van der Waals surface area (Å²) in [4.78, 5) is 9.17. The van der Waals surface area contributed by atoms with Crippen molar-refractivity contribution in [3.8, 4) is 0 Å². The fourth-order valence-corrected chi connectivity index (χ4v) is 4.34. The Bertz CT molecular complexity index is 610. The highest BCUT2D eigenvalue weighted by atomic mass is 32.1. The Morgan fingerprint density at radius 1 is 1.18 bits per heavy atom. The normalized spacial score (nSPS) is 14.9. The lowest BCUT2D eigenvalue weighted by molar-refractivity contribution is -0.134. The molecule has 2 aromatic rings. The number of hydrogen-bond donors (Lipinski definition) is 1. The van der Waals surface area contributed by atoms with Crippen LogP contribution in [0.4, 0.5) is 18.3 Å². The van der Waals surface area contributed by atoms with Crippen LogP contribution in [-0.4, -0.2) is 16.5 Å². The fourth-order valence-electron chi connectivity index (χ4n) is 2.43. The molecule has 3 rings (SSSR count). The van der Waals surface area contributed by atoms with Gasteiger partial charge in [-0.15, -0.1) is 11.3 Å². The molecule has 0 fully saturated rings. The number of alkyl halides is 3. The van der Waals surface area contributed by atoms with Gasteiger partial charge in [-0.05, 0) is 32.1 Å². The van der Waals surface area contributed by atoms with Gasteiger partial charge in [-0.2, -0.15) is 13.2 Å². The predicted molar refractivity (Wildman–Crippen MR) is 82.7 cm³/mol.